The minimum absolute atomic E-state index is 0.109. The van der Waals surface area contributed by atoms with Crippen LogP contribution < -0.4 is 10.2 Å². The van der Waals surface area contributed by atoms with Crippen molar-refractivity contribution in [1.82, 2.24) is 10.2 Å². The molecule has 6 rings (SSSR count). The summed E-state index contributed by atoms with van der Waals surface area (Å²) in [5.74, 6) is 1.13. The third-order valence-electron chi connectivity index (χ3n) is 8.36. The molecule has 1 N–H and O–H groups in total. The Bertz CT molecular complexity index is 1140. The van der Waals surface area contributed by atoms with Gasteiger partial charge >= 0.3 is 0 Å². The van der Waals surface area contributed by atoms with E-state index in [9.17, 15) is 9.59 Å². The molecule has 2 aromatic carbocycles. The van der Waals surface area contributed by atoms with E-state index in [1.165, 1.54) is 42.4 Å². The molecule has 0 spiro atoms. The molecule has 4 aliphatic rings. The van der Waals surface area contributed by atoms with Crippen LogP contribution in [0.15, 0.2) is 60.3 Å². The first-order valence-electron chi connectivity index (χ1n) is 13.9. The summed E-state index contributed by atoms with van der Waals surface area (Å²) in [5, 5.41) is 3.50. The van der Waals surface area contributed by atoms with E-state index in [2.05, 4.69) is 54.7 Å². The summed E-state index contributed by atoms with van der Waals surface area (Å²) < 4.78 is 0. The van der Waals surface area contributed by atoms with E-state index < -0.39 is 0 Å². The number of nitrogens with one attached hydrogen (secondary N) is 1. The van der Waals surface area contributed by atoms with Crippen molar-refractivity contribution in [3.05, 3.63) is 77.0 Å². The zero-order chi connectivity index (χ0) is 24.6. The average molecular weight is 484 g/mol. The summed E-state index contributed by atoms with van der Waals surface area (Å²) in [7, 11) is 0. The number of para-hydroxylation sites is 1. The number of rotatable bonds is 8. The normalized spacial score (nSPS) is 24.0. The first-order chi connectivity index (χ1) is 17.7. The van der Waals surface area contributed by atoms with Crippen LogP contribution in [-0.4, -0.2) is 36.0 Å². The van der Waals surface area contributed by atoms with Crippen LogP contribution in [0.25, 0.3) is 0 Å². The lowest BCUT2D eigenvalue weighted by Gasteiger charge is -2.39. The largest absolute Gasteiger partial charge is 0.370 e. The fourth-order valence-electron chi connectivity index (χ4n) is 6.03. The van der Waals surface area contributed by atoms with Crippen LogP contribution >= 0.6 is 0 Å². The average Bonchev–Trinajstić information content (AvgIpc) is 3.85. The first kappa shape index (κ1) is 23.3. The first-order valence-corrected chi connectivity index (χ1v) is 13.9. The second kappa shape index (κ2) is 9.76. The molecule has 0 bridgehead atoms. The molecule has 2 aromatic rings. The van der Waals surface area contributed by atoms with Gasteiger partial charge in [-0.15, -0.1) is 0 Å². The second-order valence-electron chi connectivity index (χ2n) is 11.0. The summed E-state index contributed by atoms with van der Waals surface area (Å²) >= 11 is 0. The number of benzene rings is 2. The third-order valence-corrected chi connectivity index (χ3v) is 8.36. The topological polar surface area (TPSA) is 52.7 Å². The van der Waals surface area contributed by atoms with Crippen LogP contribution in [0, 0.1) is 0 Å². The number of amides is 2. The smallest absolute Gasteiger partial charge is 0.267 e. The predicted molar refractivity (Wildman–Crippen MR) is 143 cm³/mol. The lowest BCUT2D eigenvalue weighted by atomic mass is 9.96. The number of likely N-dealkylation sites (tertiary alicyclic amines) is 1. The highest BCUT2D eigenvalue weighted by Crippen LogP contribution is 2.52. The van der Waals surface area contributed by atoms with Crippen molar-refractivity contribution in [2.75, 3.05) is 18.0 Å². The van der Waals surface area contributed by atoms with Gasteiger partial charge in [-0.3, -0.25) is 14.5 Å². The zero-order valence-corrected chi connectivity index (χ0v) is 21.3. The minimum atomic E-state index is -0.137. The second-order valence-corrected chi connectivity index (χ2v) is 11.0. The highest BCUT2D eigenvalue weighted by atomic mass is 16.2. The third kappa shape index (κ3) is 4.44. The van der Waals surface area contributed by atoms with Crippen molar-refractivity contribution in [2.45, 2.75) is 82.2 Å². The number of hydrogen-bond donors (Lipinski definition) is 1. The van der Waals surface area contributed by atoms with Crippen molar-refractivity contribution in [2.24, 2.45) is 0 Å². The van der Waals surface area contributed by atoms with Crippen molar-refractivity contribution >= 4 is 17.5 Å². The van der Waals surface area contributed by atoms with Gasteiger partial charge in [0.25, 0.3) is 11.8 Å². The zero-order valence-electron chi connectivity index (χ0n) is 21.3. The molecule has 36 heavy (non-hydrogen) atoms. The molecule has 2 saturated carbocycles. The van der Waals surface area contributed by atoms with E-state index in [4.69, 9.17) is 0 Å². The van der Waals surface area contributed by atoms with Crippen LogP contribution in [-0.2, 0) is 9.59 Å². The Labute approximate surface area is 214 Å². The maximum absolute atomic E-state index is 14.2. The number of carbonyl (C=O) groups excluding carboxylic acids is 2. The van der Waals surface area contributed by atoms with Gasteiger partial charge in [0.15, 0.2) is 0 Å². The quantitative estimate of drug-likeness (QED) is 0.483. The van der Waals surface area contributed by atoms with Gasteiger partial charge in [0, 0.05) is 25.2 Å². The van der Waals surface area contributed by atoms with Crippen molar-refractivity contribution < 1.29 is 9.59 Å². The monoisotopic (exact) mass is 483 g/mol. The van der Waals surface area contributed by atoms with E-state index in [0.29, 0.717) is 30.8 Å². The van der Waals surface area contributed by atoms with Gasteiger partial charge in [0.2, 0.25) is 0 Å². The SMILES string of the molecule is CCCC[C@@H]1NC=C(C(=O)N2CCC(c3ccccc3)C2)C(=O)N1c1c(C2CC2)cccc1C1CC1. The van der Waals surface area contributed by atoms with Crippen LogP contribution in [0.5, 0.6) is 0 Å². The Morgan fingerprint density at radius 3 is 2.25 bits per heavy atom. The van der Waals surface area contributed by atoms with Crippen molar-refractivity contribution in [3.8, 4) is 0 Å². The highest BCUT2D eigenvalue weighted by Gasteiger charge is 2.42. The number of carbonyl (C=O) groups is 2. The molecule has 5 heteroatoms. The molecule has 2 amide bonds. The van der Waals surface area contributed by atoms with Gasteiger partial charge < -0.3 is 10.2 Å². The molecule has 2 atom stereocenters. The van der Waals surface area contributed by atoms with Crippen LogP contribution in [0.3, 0.4) is 0 Å². The molecule has 2 aliphatic carbocycles. The Morgan fingerprint density at radius 2 is 1.61 bits per heavy atom. The molecular formula is C31H37N3O2. The van der Waals surface area contributed by atoms with E-state index in [1.54, 1.807) is 6.20 Å². The van der Waals surface area contributed by atoms with Crippen LogP contribution in [0.2, 0.25) is 0 Å². The van der Waals surface area contributed by atoms with E-state index in [-0.39, 0.29) is 23.6 Å². The number of hydrogen-bond acceptors (Lipinski definition) is 3. The van der Waals surface area contributed by atoms with E-state index >= 15 is 0 Å². The minimum Gasteiger partial charge on any atom is -0.370 e. The summed E-state index contributed by atoms with van der Waals surface area (Å²) in [4.78, 5) is 31.8. The van der Waals surface area contributed by atoms with Crippen LogP contribution in [0.1, 0.15) is 92.7 Å². The van der Waals surface area contributed by atoms with Crippen molar-refractivity contribution in [1.29, 1.82) is 0 Å². The molecule has 2 heterocycles. The lowest BCUT2D eigenvalue weighted by Crippen LogP contribution is -2.54. The molecule has 188 valence electrons. The Hall–Kier alpha value is -3.08. The molecule has 2 aliphatic heterocycles. The highest BCUT2D eigenvalue weighted by molar-refractivity contribution is 6.24. The summed E-state index contributed by atoms with van der Waals surface area (Å²) in [5.41, 5.74) is 5.25. The fraction of sp³-hybridized carbons (Fsp3) is 0.484. The maximum atomic E-state index is 14.2. The maximum Gasteiger partial charge on any atom is 0.267 e. The van der Waals surface area contributed by atoms with Gasteiger partial charge in [-0.2, -0.15) is 0 Å². The predicted octanol–water partition coefficient (Wildman–Crippen LogP) is 5.79. The van der Waals surface area contributed by atoms with Gasteiger partial charge in [0.1, 0.15) is 11.7 Å². The molecule has 3 fully saturated rings. The molecule has 1 unspecified atom stereocenters. The van der Waals surface area contributed by atoms with Crippen molar-refractivity contribution in [3.63, 3.8) is 0 Å². The summed E-state index contributed by atoms with van der Waals surface area (Å²) in [6.45, 7) is 3.54. The molecule has 5 nitrogen and oxygen atoms in total. The lowest BCUT2D eigenvalue weighted by molar-refractivity contribution is -0.129. The fourth-order valence-corrected chi connectivity index (χ4v) is 6.03. The number of unbranched alkanes of at least 4 members (excludes halogenated alkanes) is 1. The Kier molecular flexibility index (Phi) is 6.32. The summed E-state index contributed by atoms with van der Waals surface area (Å²) in [6.07, 6.45) is 10.3. The molecule has 0 radical (unpaired) electrons. The Balaban J connectivity index is 1.31. The van der Waals surface area contributed by atoms with Gasteiger partial charge in [0.05, 0.1) is 5.69 Å². The molecule has 1 saturated heterocycles. The van der Waals surface area contributed by atoms with E-state index in [1.807, 2.05) is 15.9 Å². The van der Waals surface area contributed by atoms with Gasteiger partial charge in [-0.1, -0.05) is 61.9 Å². The molecule has 0 aromatic heterocycles. The number of anilines is 1. The standard InChI is InChI=1S/C31H37N3O2/c1-2-3-12-28-32-19-27(30(35)33-18-17-24(20-33)21-8-5-4-6-9-21)31(36)34(28)29-25(22-13-14-22)10-7-11-26(29)23-15-16-23/h4-11,19,22-24,28,32H,2-3,12-18,20H2,1H3/t24?,28-/m1/s1. The molecular weight excluding hydrogens is 446 g/mol. The van der Waals surface area contributed by atoms with Crippen LogP contribution in [0.4, 0.5) is 5.69 Å². The Morgan fingerprint density at radius 1 is 0.917 bits per heavy atom. The number of nitrogens with zero attached hydrogens (tertiary/aromatic N) is 2. The van der Waals surface area contributed by atoms with E-state index in [0.717, 1.165) is 31.4 Å². The van der Waals surface area contributed by atoms with Gasteiger partial charge in [-0.05, 0) is 73.5 Å². The van der Waals surface area contributed by atoms with Gasteiger partial charge in [-0.25, -0.2) is 0 Å². The summed E-state index contributed by atoms with van der Waals surface area (Å²) in [6, 6.07) is 17.0.